The molecular weight excluding hydrogens is 232 g/mol. The van der Waals surface area contributed by atoms with Crippen molar-refractivity contribution in [2.45, 2.75) is 45.6 Å². The van der Waals surface area contributed by atoms with Gasteiger partial charge in [-0.25, -0.2) is 0 Å². The number of rotatable bonds is 7. The van der Waals surface area contributed by atoms with E-state index in [4.69, 9.17) is 12.2 Å². The van der Waals surface area contributed by atoms with Gasteiger partial charge in [0.25, 0.3) is 0 Å². The van der Waals surface area contributed by atoms with Crippen LogP contribution >= 0.6 is 12.2 Å². The summed E-state index contributed by atoms with van der Waals surface area (Å²) in [6.45, 7) is 8.75. The molecule has 0 unspecified atom stereocenters. The molecular formula is C12H22N4S. The molecule has 1 aliphatic rings. The van der Waals surface area contributed by atoms with Crippen LogP contribution in [0.15, 0.2) is 0 Å². The normalized spacial score (nSPS) is 15.7. The minimum atomic E-state index is 0.657. The molecule has 1 fully saturated rings. The van der Waals surface area contributed by atoms with Crippen molar-refractivity contribution < 1.29 is 0 Å². The molecule has 17 heavy (non-hydrogen) atoms. The Morgan fingerprint density at radius 3 is 2.76 bits per heavy atom. The highest BCUT2D eigenvalue weighted by molar-refractivity contribution is 7.71. The Labute approximate surface area is 108 Å². The summed E-state index contributed by atoms with van der Waals surface area (Å²) in [6.07, 6.45) is 3.75. The van der Waals surface area contributed by atoms with Crippen LogP contribution in [0.2, 0.25) is 0 Å². The number of nitrogens with zero attached hydrogens (tertiary/aromatic N) is 3. The number of nitrogens with one attached hydrogen (secondary N) is 1. The Morgan fingerprint density at radius 2 is 2.18 bits per heavy atom. The predicted octanol–water partition coefficient (Wildman–Crippen LogP) is 2.55. The molecule has 0 aliphatic heterocycles. The summed E-state index contributed by atoms with van der Waals surface area (Å²) in [7, 11) is 0. The van der Waals surface area contributed by atoms with E-state index in [1.807, 2.05) is 0 Å². The van der Waals surface area contributed by atoms with E-state index in [9.17, 15) is 0 Å². The van der Waals surface area contributed by atoms with Crippen LogP contribution in [0.5, 0.6) is 0 Å². The fourth-order valence-corrected chi connectivity index (χ4v) is 2.42. The molecule has 1 heterocycles. The van der Waals surface area contributed by atoms with Crippen LogP contribution in [0.3, 0.4) is 0 Å². The Bertz CT molecular complexity index is 405. The summed E-state index contributed by atoms with van der Waals surface area (Å²) in [5.74, 6) is 1.83. The van der Waals surface area contributed by atoms with E-state index in [2.05, 4.69) is 33.5 Å². The van der Waals surface area contributed by atoms with E-state index in [0.717, 1.165) is 24.4 Å². The summed E-state index contributed by atoms with van der Waals surface area (Å²) >= 11 is 5.30. The van der Waals surface area contributed by atoms with Crippen molar-refractivity contribution in [2.24, 2.45) is 0 Å². The number of hydrogen-bond donors (Lipinski definition) is 1. The van der Waals surface area contributed by atoms with Crippen molar-refractivity contribution in [1.29, 1.82) is 0 Å². The van der Waals surface area contributed by atoms with Gasteiger partial charge in [-0.3, -0.25) is 5.10 Å². The van der Waals surface area contributed by atoms with Gasteiger partial charge in [0.05, 0.1) is 0 Å². The van der Waals surface area contributed by atoms with Gasteiger partial charge in [-0.1, -0.05) is 13.8 Å². The number of H-pyrrole nitrogens is 1. The molecule has 0 bridgehead atoms. The Kier molecular flexibility index (Phi) is 4.34. The van der Waals surface area contributed by atoms with Crippen molar-refractivity contribution in [2.75, 3.05) is 19.6 Å². The molecule has 0 aromatic carbocycles. The third-order valence-electron chi connectivity index (χ3n) is 3.36. The summed E-state index contributed by atoms with van der Waals surface area (Å²) < 4.78 is 2.96. The molecule has 0 saturated heterocycles. The molecule has 1 aromatic heterocycles. The van der Waals surface area contributed by atoms with Crippen LogP contribution < -0.4 is 0 Å². The SMILES string of the molecule is CCCN(CC)CCn1c(C2CC2)n[nH]c1=S. The van der Waals surface area contributed by atoms with Crippen LogP contribution in [0.25, 0.3) is 0 Å². The minimum Gasteiger partial charge on any atom is -0.303 e. The van der Waals surface area contributed by atoms with E-state index in [1.165, 1.54) is 31.6 Å². The number of aromatic nitrogens is 3. The first kappa shape index (κ1) is 12.8. The van der Waals surface area contributed by atoms with Crippen molar-refractivity contribution in [1.82, 2.24) is 19.7 Å². The van der Waals surface area contributed by atoms with Crippen LogP contribution in [-0.4, -0.2) is 39.3 Å². The van der Waals surface area contributed by atoms with Crippen molar-refractivity contribution in [3.63, 3.8) is 0 Å². The number of aromatic amines is 1. The third-order valence-corrected chi connectivity index (χ3v) is 3.67. The van der Waals surface area contributed by atoms with Crippen molar-refractivity contribution in [3.8, 4) is 0 Å². The summed E-state index contributed by atoms with van der Waals surface area (Å²) in [6, 6.07) is 0. The van der Waals surface area contributed by atoms with E-state index in [-0.39, 0.29) is 0 Å². The molecule has 4 nitrogen and oxygen atoms in total. The second-order valence-corrected chi connectivity index (χ2v) is 5.13. The topological polar surface area (TPSA) is 36.9 Å². The smallest absolute Gasteiger partial charge is 0.195 e. The molecule has 1 saturated carbocycles. The summed E-state index contributed by atoms with van der Waals surface area (Å²) in [5.41, 5.74) is 0. The van der Waals surface area contributed by atoms with Gasteiger partial charge in [-0.2, -0.15) is 5.10 Å². The first-order valence-corrected chi connectivity index (χ1v) is 7.04. The van der Waals surface area contributed by atoms with E-state index >= 15 is 0 Å². The molecule has 0 amide bonds. The van der Waals surface area contributed by atoms with Crippen molar-refractivity contribution in [3.05, 3.63) is 10.6 Å². The van der Waals surface area contributed by atoms with Gasteiger partial charge in [-0.05, 0) is 44.6 Å². The standard InChI is InChI=1S/C12H22N4S/c1-3-7-15(4-2)8-9-16-11(10-5-6-10)13-14-12(16)17/h10H,3-9H2,1-2H3,(H,14,17). The number of likely N-dealkylation sites (N-methyl/N-ethyl adjacent to an activating group) is 1. The summed E-state index contributed by atoms with van der Waals surface area (Å²) in [5, 5.41) is 7.28. The summed E-state index contributed by atoms with van der Waals surface area (Å²) in [4.78, 5) is 2.46. The Balaban J connectivity index is 1.97. The number of hydrogen-bond acceptors (Lipinski definition) is 3. The fraction of sp³-hybridized carbons (Fsp3) is 0.833. The maximum atomic E-state index is 5.30. The van der Waals surface area contributed by atoms with Gasteiger partial charge in [0.15, 0.2) is 4.77 Å². The molecule has 1 aliphatic carbocycles. The molecule has 96 valence electrons. The van der Waals surface area contributed by atoms with Gasteiger partial charge in [0.1, 0.15) is 5.82 Å². The largest absolute Gasteiger partial charge is 0.303 e. The quantitative estimate of drug-likeness (QED) is 0.760. The van der Waals surface area contributed by atoms with Crippen LogP contribution in [-0.2, 0) is 6.54 Å². The highest BCUT2D eigenvalue weighted by atomic mass is 32.1. The van der Waals surface area contributed by atoms with Gasteiger partial charge in [0.2, 0.25) is 0 Å². The molecule has 1 N–H and O–H groups in total. The van der Waals surface area contributed by atoms with Gasteiger partial charge in [-0.15, -0.1) is 0 Å². The Morgan fingerprint density at radius 1 is 1.41 bits per heavy atom. The highest BCUT2D eigenvalue weighted by Gasteiger charge is 2.28. The molecule has 0 atom stereocenters. The lowest BCUT2D eigenvalue weighted by atomic mass is 10.3. The zero-order valence-corrected chi connectivity index (χ0v) is 11.6. The van der Waals surface area contributed by atoms with E-state index in [1.54, 1.807) is 0 Å². The van der Waals surface area contributed by atoms with Crippen LogP contribution in [0, 0.1) is 4.77 Å². The lowest BCUT2D eigenvalue weighted by Crippen LogP contribution is -2.28. The molecule has 0 radical (unpaired) electrons. The predicted molar refractivity (Wildman–Crippen MR) is 71.8 cm³/mol. The van der Waals surface area contributed by atoms with Gasteiger partial charge in [0, 0.05) is 19.0 Å². The van der Waals surface area contributed by atoms with Crippen molar-refractivity contribution >= 4 is 12.2 Å². The van der Waals surface area contributed by atoms with Gasteiger partial charge >= 0.3 is 0 Å². The first-order valence-electron chi connectivity index (χ1n) is 6.63. The minimum absolute atomic E-state index is 0.657. The first-order chi connectivity index (χ1) is 8.26. The average molecular weight is 254 g/mol. The second-order valence-electron chi connectivity index (χ2n) is 4.75. The fourth-order valence-electron chi connectivity index (χ4n) is 2.18. The van der Waals surface area contributed by atoms with Crippen LogP contribution in [0.1, 0.15) is 44.9 Å². The molecule has 1 aromatic rings. The maximum Gasteiger partial charge on any atom is 0.195 e. The molecule has 2 rings (SSSR count). The third kappa shape index (κ3) is 3.16. The maximum absolute atomic E-state index is 5.30. The highest BCUT2D eigenvalue weighted by Crippen LogP contribution is 2.38. The zero-order valence-electron chi connectivity index (χ0n) is 10.8. The lowest BCUT2D eigenvalue weighted by molar-refractivity contribution is 0.275. The zero-order chi connectivity index (χ0) is 12.3. The van der Waals surface area contributed by atoms with Gasteiger partial charge < -0.3 is 9.47 Å². The van der Waals surface area contributed by atoms with Crippen LogP contribution in [0.4, 0.5) is 0 Å². The lowest BCUT2D eigenvalue weighted by Gasteiger charge is -2.19. The molecule has 0 spiro atoms. The second kappa shape index (κ2) is 5.78. The molecule has 5 heteroatoms. The monoisotopic (exact) mass is 254 g/mol. The Hall–Kier alpha value is -0.680. The average Bonchev–Trinajstić information content (AvgIpc) is 3.10. The van der Waals surface area contributed by atoms with E-state index in [0.29, 0.717) is 5.92 Å². The van der Waals surface area contributed by atoms with E-state index < -0.39 is 0 Å².